The number of esters is 1. The van der Waals surface area contributed by atoms with E-state index in [-0.39, 0.29) is 17.2 Å². The second kappa shape index (κ2) is 13.6. The maximum absolute atomic E-state index is 12.9. The number of nitrogens with one attached hydrogen (secondary N) is 2. The number of hydrogen-bond donors (Lipinski definition) is 2. The van der Waals surface area contributed by atoms with E-state index in [0.717, 1.165) is 5.56 Å². The minimum absolute atomic E-state index is 0.183. The van der Waals surface area contributed by atoms with Crippen LogP contribution in [0.4, 0.5) is 5.69 Å². The molecule has 2 N–H and O–H groups in total. The molecule has 0 aliphatic carbocycles. The number of anilines is 1. The third-order valence-electron chi connectivity index (χ3n) is 6.08. The topological polar surface area (TPSA) is 125 Å². The molecule has 0 spiro atoms. The molecule has 10 heteroatoms. The molecule has 0 saturated carbocycles. The lowest BCUT2D eigenvalue weighted by atomic mass is 10.1. The van der Waals surface area contributed by atoms with Crippen molar-refractivity contribution < 1.29 is 33.3 Å². The number of ether oxygens (including phenoxy) is 4. The quantitative estimate of drug-likeness (QED) is 0.116. The minimum atomic E-state index is -0.659. The van der Waals surface area contributed by atoms with Gasteiger partial charge in [0.15, 0.2) is 11.5 Å². The summed E-state index contributed by atoms with van der Waals surface area (Å²) >= 11 is 0. The van der Waals surface area contributed by atoms with Gasteiger partial charge in [0.05, 0.1) is 33.1 Å². The van der Waals surface area contributed by atoms with Crippen LogP contribution in [0.15, 0.2) is 90.0 Å². The van der Waals surface area contributed by atoms with Crippen LogP contribution in [-0.4, -0.2) is 45.3 Å². The predicted molar refractivity (Wildman–Crippen MR) is 158 cm³/mol. The Morgan fingerprint density at radius 2 is 1.38 bits per heavy atom. The standard InChI is InChI=1S/C32H29N3O7/c1-20-8-7-10-22(16-20)30(36)34-25-14-12-21(13-15-25)31(37)35-33-19-23-9-5-6-11-26(23)42-32(38)24-17-27(39-2)29(41-4)28(18-24)40-3/h5-19H,1-4H3,(H,34,36)(H,35,37)/b33-19-. The van der Waals surface area contributed by atoms with Crippen LogP contribution in [-0.2, 0) is 0 Å². The highest BCUT2D eigenvalue weighted by Crippen LogP contribution is 2.38. The fourth-order valence-electron chi connectivity index (χ4n) is 3.96. The molecule has 0 fully saturated rings. The number of para-hydroxylation sites is 1. The van der Waals surface area contributed by atoms with E-state index in [1.54, 1.807) is 60.7 Å². The monoisotopic (exact) mass is 567 g/mol. The molecule has 0 aliphatic heterocycles. The summed E-state index contributed by atoms with van der Waals surface area (Å²) in [4.78, 5) is 38.0. The molecule has 0 aromatic heterocycles. The second-order valence-corrected chi connectivity index (χ2v) is 8.94. The van der Waals surface area contributed by atoms with Gasteiger partial charge < -0.3 is 24.3 Å². The number of hydrogen-bond acceptors (Lipinski definition) is 8. The number of rotatable bonds is 10. The number of hydrazone groups is 1. The average molecular weight is 568 g/mol. The van der Waals surface area contributed by atoms with Crippen molar-refractivity contribution in [2.75, 3.05) is 26.6 Å². The lowest BCUT2D eigenvalue weighted by molar-refractivity contribution is 0.0733. The smallest absolute Gasteiger partial charge is 0.343 e. The van der Waals surface area contributed by atoms with Gasteiger partial charge >= 0.3 is 5.97 Å². The van der Waals surface area contributed by atoms with E-state index in [2.05, 4.69) is 15.8 Å². The van der Waals surface area contributed by atoms with Crippen molar-refractivity contribution >= 4 is 29.7 Å². The molecule has 0 bridgehead atoms. The summed E-state index contributed by atoms with van der Waals surface area (Å²) in [5.41, 5.74) is 5.49. The van der Waals surface area contributed by atoms with E-state index in [1.165, 1.54) is 39.7 Å². The first-order chi connectivity index (χ1) is 20.3. The van der Waals surface area contributed by atoms with E-state index < -0.39 is 11.9 Å². The van der Waals surface area contributed by atoms with E-state index in [9.17, 15) is 14.4 Å². The zero-order valence-corrected chi connectivity index (χ0v) is 23.5. The number of amides is 2. The maximum atomic E-state index is 12.9. The van der Waals surface area contributed by atoms with E-state index in [0.29, 0.717) is 39.6 Å². The number of benzene rings is 4. The van der Waals surface area contributed by atoms with Crippen molar-refractivity contribution in [2.45, 2.75) is 6.92 Å². The van der Waals surface area contributed by atoms with Gasteiger partial charge in [-0.3, -0.25) is 9.59 Å². The largest absolute Gasteiger partial charge is 0.493 e. The highest BCUT2D eigenvalue weighted by molar-refractivity contribution is 6.04. The number of nitrogens with zero attached hydrogens (tertiary/aromatic N) is 1. The van der Waals surface area contributed by atoms with Crippen molar-refractivity contribution in [1.82, 2.24) is 5.43 Å². The van der Waals surface area contributed by atoms with Crippen molar-refractivity contribution in [2.24, 2.45) is 5.10 Å². The molecule has 4 aromatic rings. The molecule has 4 rings (SSSR count). The van der Waals surface area contributed by atoms with Crippen LogP contribution in [0, 0.1) is 6.92 Å². The summed E-state index contributed by atoms with van der Waals surface area (Å²) in [6, 6.07) is 23.4. The van der Waals surface area contributed by atoms with Crippen molar-refractivity contribution in [3.8, 4) is 23.0 Å². The Hall–Kier alpha value is -5.64. The SMILES string of the molecule is COc1cc(C(=O)Oc2ccccc2/C=N\NC(=O)c2ccc(NC(=O)c3cccc(C)c3)cc2)cc(OC)c1OC. The van der Waals surface area contributed by atoms with E-state index in [1.807, 2.05) is 19.1 Å². The fourth-order valence-corrected chi connectivity index (χ4v) is 3.96. The molecule has 0 atom stereocenters. The van der Waals surface area contributed by atoms with Crippen LogP contribution >= 0.6 is 0 Å². The van der Waals surface area contributed by atoms with Crippen molar-refractivity contribution in [1.29, 1.82) is 0 Å². The molecule has 214 valence electrons. The lowest BCUT2D eigenvalue weighted by Crippen LogP contribution is -2.18. The summed E-state index contributed by atoms with van der Waals surface area (Å²) < 4.78 is 21.5. The highest BCUT2D eigenvalue weighted by Gasteiger charge is 2.19. The van der Waals surface area contributed by atoms with Gasteiger partial charge in [0.2, 0.25) is 5.75 Å². The molecule has 42 heavy (non-hydrogen) atoms. The van der Waals surface area contributed by atoms with Gasteiger partial charge in [0.25, 0.3) is 11.8 Å². The Morgan fingerprint density at radius 3 is 2.02 bits per heavy atom. The Morgan fingerprint density at radius 1 is 0.690 bits per heavy atom. The van der Waals surface area contributed by atoms with Gasteiger partial charge in [-0.2, -0.15) is 5.10 Å². The fraction of sp³-hybridized carbons (Fsp3) is 0.125. The summed E-state index contributed by atoms with van der Waals surface area (Å²) in [6.07, 6.45) is 1.37. The van der Waals surface area contributed by atoms with Crippen LogP contribution in [0.25, 0.3) is 0 Å². The molecule has 0 unspecified atom stereocenters. The van der Waals surface area contributed by atoms with Crippen molar-refractivity contribution in [3.05, 3.63) is 113 Å². The van der Waals surface area contributed by atoms with Crippen LogP contribution in [0.1, 0.15) is 42.2 Å². The third-order valence-corrected chi connectivity index (χ3v) is 6.08. The molecule has 2 amide bonds. The first-order valence-electron chi connectivity index (χ1n) is 12.8. The minimum Gasteiger partial charge on any atom is -0.493 e. The number of methoxy groups -OCH3 is 3. The highest BCUT2D eigenvalue weighted by atomic mass is 16.5. The van der Waals surface area contributed by atoms with Gasteiger partial charge in [-0.1, -0.05) is 29.8 Å². The lowest BCUT2D eigenvalue weighted by Gasteiger charge is -2.14. The Kier molecular flexibility index (Phi) is 9.52. The molecule has 10 nitrogen and oxygen atoms in total. The Labute approximate surface area is 242 Å². The summed E-state index contributed by atoms with van der Waals surface area (Å²) in [5.74, 6) is -0.177. The number of aryl methyl sites for hydroxylation is 1. The molecule has 0 aliphatic rings. The third kappa shape index (κ3) is 7.11. The van der Waals surface area contributed by atoms with Gasteiger partial charge in [0, 0.05) is 22.4 Å². The zero-order chi connectivity index (χ0) is 30.1. The maximum Gasteiger partial charge on any atom is 0.343 e. The summed E-state index contributed by atoms with van der Waals surface area (Å²) in [6.45, 7) is 1.91. The second-order valence-electron chi connectivity index (χ2n) is 8.94. The Balaban J connectivity index is 1.40. The van der Waals surface area contributed by atoms with Gasteiger partial charge in [-0.15, -0.1) is 0 Å². The summed E-state index contributed by atoms with van der Waals surface area (Å²) in [7, 11) is 4.37. The van der Waals surface area contributed by atoms with Crippen LogP contribution < -0.4 is 29.7 Å². The molecular weight excluding hydrogens is 538 g/mol. The van der Waals surface area contributed by atoms with Crippen molar-refractivity contribution in [3.63, 3.8) is 0 Å². The van der Waals surface area contributed by atoms with Gasteiger partial charge in [0.1, 0.15) is 5.75 Å². The molecule has 0 heterocycles. The number of carbonyl (C=O) groups is 3. The first kappa shape index (κ1) is 29.3. The Bertz CT molecular complexity index is 1610. The summed E-state index contributed by atoms with van der Waals surface area (Å²) in [5, 5.41) is 6.82. The van der Waals surface area contributed by atoms with Crippen LogP contribution in [0.3, 0.4) is 0 Å². The predicted octanol–water partition coefficient (Wildman–Crippen LogP) is 5.26. The molecule has 4 aromatic carbocycles. The normalized spacial score (nSPS) is 10.6. The first-order valence-corrected chi connectivity index (χ1v) is 12.8. The van der Waals surface area contributed by atoms with E-state index >= 15 is 0 Å². The van der Waals surface area contributed by atoms with Gasteiger partial charge in [-0.25, -0.2) is 10.2 Å². The molecular formula is C32H29N3O7. The molecule has 0 radical (unpaired) electrons. The van der Waals surface area contributed by atoms with Gasteiger partial charge in [-0.05, 0) is 67.6 Å². The van der Waals surface area contributed by atoms with Crippen LogP contribution in [0.2, 0.25) is 0 Å². The zero-order valence-electron chi connectivity index (χ0n) is 23.5. The average Bonchev–Trinajstić information content (AvgIpc) is 3.01. The van der Waals surface area contributed by atoms with E-state index in [4.69, 9.17) is 18.9 Å². The number of carbonyl (C=O) groups excluding carboxylic acids is 3. The molecule has 0 saturated heterocycles. The van der Waals surface area contributed by atoms with Crippen LogP contribution in [0.5, 0.6) is 23.0 Å².